The van der Waals surface area contributed by atoms with Crippen LogP contribution in [0.5, 0.6) is 34.5 Å². The summed E-state index contributed by atoms with van der Waals surface area (Å²) in [6.45, 7) is 21.8. The summed E-state index contributed by atoms with van der Waals surface area (Å²) in [6, 6.07) is 12.9. The van der Waals surface area contributed by atoms with Crippen molar-refractivity contribution in [3.05, 3.63) is 42.2 Å². The van der Waals surface area contributed by atoms with Crippen LogP contribution in [0.2, 0.25) is 0 Å². The minimum atomic E-state index is -0.0109. The van der Waals surface area contributed by atoms with Gasteiger partial charge in [-0.25, -0.2) is 19.9 Å². The number of benzene rings is 3. The number of carbonyl (C=O) groups is 1. The van der Waals surface area contributed by atoms with Crippen molar-refractivity contribution >= 4 is 68.0 Å². The van der Waals surface area contributed by atoms with Crippen LogP contribution in [-0.2, 0) is 19.0 Å². The van der Waals surface area contributed by atoms with E-state index in [1.807, 2.05) is 36.4 Å². The van der Waals surface area contributed by atoms with Gasteiger partial charge < -0.3 is 83.5 Å². The van der Waals surface area contributed by atoms with Crippen LogP contribution in [0.25, 0.3) is 32.7 Å². The van der Waals surface area contributed by atoms with Gasteiger partial charge in [0.2, 0.25) is 17.8 Å². The van der Waals surface area contributed by atoms with Gasteiger partial charge in [-0.3, -0.25) is 15.4 Å². The Labute approximate surface area is 601 Å². The minimum absolute atomic E-state index is 0.0109. The zero-order valence-corrected chi connectivity index (χ0v) is 60.8. The van der Waals surface area contributed by atoms with E-state index in [0.29, 0.717) is 66.6 Å². The van der Waals surface area contributed by atoms with E-state index < -0.39 is 0 Å². The molecule has 1 atom stereocenters. The summed E-state index contributed by atoms with van der Waals surface area (Å²) in [5.74, 6) is 9.13. The molecule has 1 amide bonds. The monoisotopic (exact) mass is 1410 g/mol. The molecule has 8 saturated heterocycles. The largest absolute Gasteiger partial charge is 0.493 e. The zero-order valence-electron chi connectivity index (χ0n) is 60.8. The fraction of sp³-hybridized carbons (Fsp3) is 0.671. The lowest BCUT2D eigenvalue weighted by atomic mass is 9.98. The third-order valence-electron chi connectivity index (χ3n) is 21.1. The van der Waals surface area contributed by atoms with Crippen LogP contribution in [0.1, 0.15) is 140 Å². The van der Waals surface area contributed by atoms with Crippen molar-refractivity contribution in [2.24, 2.45) is 5.92 Å². The Morgan fingerprint density at radius 2 is 0.892 bits per heavy atom. The first kappa shape index (κ1) is 73.2. The molecule has 0 bridgehead atoms. The van der Waals surface area contributed by atoms with Gasteiger partial charge in [-0.05, 0) is 199 Å². The van der Waals surface area contributed by atoms with Crippen LogP contribution in [0.15, 0.2) is 36.4 Å². The summed E-state index contributed by atoms with van der Waals surface area (Å²) in [5.41, 5.74) is 2.51. The normalized spacial score (nSPS) is 20.5. The smallest absolute Gasteiger partial charge is 0.231 e. The Morgan fingerprint density at radius 3 is 1.31 bits per heavy atom. The summed E-state index contributed by atoms with van der Waals surface area (Å²) in [4.78, 5) is 51.4. The second kappa shape index (κ2) is 37.5. The maximum Gasteiger partial charge on any atom is 0.231 e. The molecule has 3 aromatic carbocycles. The summed E-state index contributed by atoms with van der Waals surface area (Å²) in [7, 11) is 5.04. The first-order valence-electron chi connectivity index (χ1n) is 38.5. The number of nitrogens with zero attached hydrogens (tertiary/aromatic N) is 10. The van der Waals surface area contributed by atoms with E-state index >= 15 is 0 Å². The van der Waals surface area contributed by atoms with Crippen LogP contribution in [0.4, 0.5) is 29.4 Å². The summed E-state index contributed by atoms with van der Waals surface area (Å²) in [6.07, 6.45) is 21.8. The lowest BCUT2D eigenvalue weighted by Crippen LogP contribution is -2.42. The molecule has 9 fully saturated rings. The number of nitrogens with one attached hydrogen (secondary N) is 6. The van der Waals surface area contributed by atoms with Gasteiger partial charge in [-0.2, -0.15) is 9.97 Å². The fourth-order valence-corrected chi connectivity index (χ4v) is 15.0. The molecule has 6 aromatic rings. The van der Waals surface area contributed by atoms with E-state index in [9.17, 15) is 4.79 Å². The topological polar surface area (TPSA) is 263 Å². The molecule has 6 N–H and O–H groups in total. The third-order valence-corrected chi connectivity index (χ3v) is 21.1. The molecular formula is C76H112N16O10. The predicted molar refractivity (Wildman–Crippen MR) is 399 cm³/mol. The van der Waals surface area contributed by atoms with Crippen LogP contribution in [0, 0.1) is 5.92 Å². The van der Waals surface area contributed by atoms with Crippen molar-refractivity contribution < 1.29 is 47.4 Å². The highest BCUT2D eigenvalue weighted by molar-refractivity contribution is 5.97. The number of aromatic nitrogens is 6. The lowest BCUT2D eigenvalue weighted by Gasteiger charge is -2.29. The fourth-order valence-electron chi connectivity index (χ4n) is 15.0. The van der Waals surface area contributed by atoms with Gasteiger partial charge in [0.05, 0.1) is 64.4 Å². The number of fused-ring (bicyclic) bond motifs is 3. The highest BCUT2D eigenvalue weighted by Crippen LogP contribution is 2.40. The van der Waals surface area contributed by atoms with Gasteiger partial charge in [0, 0.05) is 137 Å². The number of hydrogen-bond acceptors (Lipinski definition) is 25. The molecule has 15 rings (SSSR count). The van der Waals surface area contributed by atoms with Crippen molar-refractivity contribution in [2.45, 2.75) is 152 Å². The van der Waals surface area contributed by atoms with Gasteiger partial charge in [0.15, 0.2) is 34.5 Å². The molecule has 11 heterocycles. The summed E-state index contributed by atoms with van der Waals surface area (Å²) in [5, 5.41) is 23.6. The SMILES string of the molecule is COc1cc2c(NC3CCOCC3)nc(C3CCCNC3)nc2cc1OCCCN1CCCC1.COc1cc2c(NC3CCOCC3)nc(N3CCCNC3)nc2cc1OCCCN1CCCC1.COc1cc2c(NC3CCOCC3)nc(NC(=O)C3CC3)nc2cc1OCCCN1CCCC1. The van der Waals surface area contributed by atoms with Gasteiger partial charge in [0.25, 0.3) is 0 Å². The molecule has 3 aromatic heterocycles. The molecule has 1 saturated carbocycles. The van der Waals surface area contributed by atoms with Crippen molar-refractivity contribution in [1.29, 1.82) is 0 Å². The number of methoxy groups -OCH3 is 3. The number of carbonyl (C=O) groups excluding carboxylic acids is 1. The molecule has 26 heteroatoms. The second-order valence-electron chi connectivity index (χ2n) is 28.7. The van der Waals surface area contributed by atoms with E-state index in [2.05, 4.69) is 61.5 Å². The Balaban J connectivity index is 0.000000137. The van der Waals surface area contributed by atoms with E-state index in [4.69, 9.17) is 62.6 Å². The van der Waals surface area contributed by atoms with E-state index in [-0.39, 0.29) is 17.9 Å². The van der Waals surface area contributed by atoms with Crippen molar-refractivity contribution in [3.63, 3.8) is 0 Å². The Bertz CT molecular complexity index is 3470. The Kier molecular flexibility index (Phi) is 26.9. The average molecular weight is 1410 g/mol. The average Bonchev–Trinajstić information content (AvgIpc) is 1.03. The predicted octanol–water partition coefficient (Wildman–Crippen LogP) is 9.85. The number of likely N-dealkylation sites (tertiary alicyclic amines) is 3. The Hall–Kier alpha value is -7.17. The highest BCUT2D eigenvalue weighted by Gasteiger charge is 2.31. The molecule has 1 aliphatic carbocycles. The summed E-state index contributed by atoms with van der Waals surface area (Å²) >= 11 is 0. The molecule has 1 unspecified atom stereocenters. The van der Waals surface area contributed by atoms with E-state index in [1.54, 1.807) is 21.3 Å². The van der Waals surface area contributed by atoms with E-state index in [0.717, 1.165) is 256 Å². The minimum Gasteiger partial charge on any atom is -0.493 e. The molecule has 102 heavy (non-hydrogen) atoms. The molecule has 556 valence electrons. The standard InChI is InChI=1S/C26H39N5O3.C25H38N6O3.C25H35N5O4/c1-32-23-16-21-22(17-24(23)34-13-5-12-31-10-2-3-11-31)29-25(19-6-4-9-27-18-19)30-26(21)28-20-7-14-33-15-8-20;1-32-22-16-20-21(17-23(22)34-13-5-11-30-9-2-3-10-30)28-25(31-12-4-8-26-18-31)29-24(20)27-19-6-14-33-15-7-19;1-32-21-15-19-20(16-22(21)34-12-4-11-30-9-2-3-10-30)27-25(29-24(31)17-5-6-17)28-23(19)26-18-7-13-33-14-8-18/h16-17,19-20,27H,2-15,18H2,1H3,(H,28,29,30);16-17,19,26H,2-15,18H2,1H3,(H,27,28,29);15-18H,2-14H2,1H3,(H2,26,27,28,29,31). The third kappa shape index (κ3) is 20.4. The summed E-state index contributed by atoms with van der Waals surface area (Å²) < 4.78 is 52.2. The van der Waals surface area contributed by atoms with Crippen LogP contribution in [0.3, 0.4) is 0 Å². The quantitative estimate of drug-likeness (QED) is 0.0250. The van der Waals surface area contributed by atoms with Crippen LogP contribution in [-0.4, -0.2) is 241 Å². The second-order valence-corrected chi connectivity index (χ2v) is 28.7. The van der Waals surface area contributed by atoms with Crippen molar-refractivity contribution in [3.8, 4) is 34.5 Å². The molecule has 8 aliphatic heterocycles. The van der Waals surface area contributed by atoms with E-state index in [1.165, 1.54) is 77.8 Å². The van der Waals surface area contributed by atoms with Crippen LogP contribution >= 0.6 is 0 Å². The van der Waals surface area contributed by atoms with Crippen LogP contribution < -0.4 is 65.2 Å². The number of rotatable bonds is 28. The van der Waals surface area contributed by atoms with Gasteiger partial charge in [-0.15, -0.1) is 0 Å². The number of amides is 1. The number of piperidine rings is 1. The van der Waals surface area contributed by atoms with Gasteiger partial charge >= 0.3 is 0 Å². The van der Waals surface area contributed by atoms with Crippen molar-refractivity contribution in [1.82, 2.24) is 55.2 Å². The lowest BCUT2D eigenvalue weighted by molar-refractivity contribution is -0.117. The van der Waals surface area contributed by atoms with Gasteiger partial charge in [-0.1, -0.05) is 0 Å². The highest BCUT2D eigenvalue weighted by atomic mass is 16.5. The molecule has 26 nitrogen and oxygen atoms in total. The van der Waals surface area contributed by atoms with Crippen molar-refractivity contribution in [2.75, 3.05) is 199 Å². The first-order chi connectivity index (χ1) is 50.3. The Morgan fingerprint density at radius 1 is 0.461 bits per heavy atom. The maximum atomic E-state index is 12.4. The molecular weight excluding hydrogens is 1300 g/mol. The van der Waals surface area contributed by atoms with Gasteiger partial charge in [0.1, 0.15) is 23.3 Å². The molecule has 0 radical (unpaired) electrons. The number of ether oxygens (including phenoxy) is 9. The maximum absolute atomic E-state index is 12.4. The first-order valence-corrected chi connectivity index (χ1v) is 38.5. The molecule has 0 spiro atoms. The number of anilines is 5. The molecule has 9 aliphatic rings. The number of hydrogen-bond donors (Lipinski definition) is 6. The zero-order chi connectivity index (χ0) is 69.7.